The van der Waals surface area contributed by atoms with E-state index in [0.717, 1.165) is 0 Å². The minimum absolute atomic E-state index is 0.0641. The summed E-state index contributed by atoms with van der Waals surface area (Å²) < 4.78 is 35.2. The number of hydrogen-bond donors (Lipinski definition) is 1. The second-order valence-electron chi connectivity index (χ2n) is 3.33. The molecule has 0 aromatic carbocycles. The first-order chi connectivity index (χ1) is 8.51. The first kappa shape index (κ1) is 12.5. The zero-order chi connectivity index (χ0) is 13.2. The average Bonchev–Trinajstić information content (AvgIpc) is 2.95. The Kier molecular flexibility index (Phi) is 3.26. The molecule has 1 N–H and O–H groups in total. The van der Waals surface area contributed by atoms with Gasteiger partial charge in [0, 0.05) is 6.92 Å². The SMILES string of the molecule is Cc1nc(CNS(=O)(=O)c2ccc(C=O)o2)no1. The van der Waals surface area contributed by atoms with Crippen molar-refractivity contribution in [2.24, 2.45) is 0 Å². The van der Waals surface area contributed by atoms with Gasteiger partial charge in [0.05, 0.1) is 6.54 Å². The van der Waals surface area contributed by atoms with E-state index in [-0.39, 0.29) is 23.2 Å². The second kappa shape index (κ2) is 4.70. The summed E-state index contributed by atoms with van der Waals surface area (Å²) >= 11 is 0. The Morgan fingerprint density at radius 1 is 1.44 bits per heavy atom. The van der Waals surface area contributed by atoms with Crippen LogP contribution in [0.3, 0.4) is 0 Å². The van der Waals surface area contributed by atoms with E-state index in [4.69, 9.17) is 8.94 Å². The van der Waals surface area contributed by atoms with Crippen molar-refractivity contribution in [3.05, 3.63) is 29.6 Å². The summed E-state index contributed by atoms with van der Waals surface area (Å²) in [5, 5.41) is 3.19. The molecule has 0 saturated carbocycles. The number of aryl methyl sites for hydroxylation is 1. The lowest BCUT2D eigenvalue weighted by molar-refractivity contribution is 0.109. The molecule has 9 heteroatoms. The molecule has 0 amide bonds. The molecule has 0 unspecified atom stereocenters. The minimum atomic E-state index is -3.84. The van der Waals surface area contributed by atoms with Crippen LogP contribution in [0.2, 0.25) is 0 Å². The van der Waals surface area contributed by atoms with E-state index >= 15 is 0 Å². The summed E-state index contributed by atoms with van der Waals surface area (Å²) in [5.74, 6) is 0.481. The highest BCUT2D eigenvalue weighted by atomic mass is 32.2. The van der Waals surface area contributed by atoms with Gasteiger partial charge in [-0.05, 0) is 12.1 Å². The number of aromatic nitrogens is 2. The molecular formula is C9H9N3O5S. The molecule has 2 aromatic heterocycles. The van der Waals surface area contributed by atoms with Crippen LogP contribution in [0.5, 0.6) is 0 Å². The van der Waals surface area contributed by atoms with Crippen LogP contribution in [-0.4, -0.2) is 24.8 Å². The number of nitrogens with zero attached hydrogens (tertiary/aromatic N) is 2. The number of sulfonamides is 1. The van der Waals surface area contributed by atoms with E-state index in [0.29, 0.717) is 12.2 Å². The molecule has 0 fully saturated rings. The number of hydrogen-bond acceptors (Lipinski definition) is 7. The number of nitrogens with one attached hydrogen (secondary N) is 1. The number of carbonyl (C=O) groups excluding carboxylic acids is 1. The lowest BCUT2D eigenvalue weighted by Crippen LogP contribution is -2.23. The zero-order valence-electron chi connectivity index (χ0n) is 9.28. The molecule has 2 aromatic rings. The second-order valence-corrected chi connectivity index (χ2v) is 5.03. The molecule has 0 atom stereocenters. The van der Waals surface area contributed by atoms with Gasteiger partial charge in [-0.15, -0.1) is 0 Å². The van der Waals surface area contributed by atoms with Gasteiger partial charge in [-0.2, -0.15) is 4.98 Å². The van der Waals surface area contributed by atoms with Crippen LogP contribution in [0.15, 0.2) is 26.2 Å². The van der Waals surface area contributed by atoms with Crippen molar-refractivity contribution in [1.82, 2.24) is 14.9 Å². The molecule has 18 heavy (non-hydrogen) atoms. The summed E-state index contributed by atoms with van der Waals surface area (Å²) in [5.41, 5.74) is 0. The smallest absolute Gasteiger partial charge is 0.274 e. The molecule has 0 aliphatic heterocycles. The third-order valence-electron chi connectivity index (χ3n) is 1.97. The predicted molar refractivity (Wildman–Crippen MR) is 57.2 cm³/mol. The van der Waals surface area contributed by atoms with Gasteiger partial charge in [-0.3, -0.25) is 4.79 Å². The quantitative estimate of drug-likeness (QED) is 0.775. The Labute approximate surface area is 102 Å². The van der Waals surface area contributed by atoms with Crippen LogP contribution in [-0.2, 0) is 16.6 Å². The third kappa shape index (κ3) is 2.63. The monoisotopic (exact) mass is 271 g/mol. The van der Waals surface area contributed by atoms with Crippen LogP contribution in [0.4, 0.5) is 0 Å². The summed E-state index contributed by atoms with van der Waals surface area (Å²) in [6.07, 6.45) is 0.418. The van der Waals surface area contributed by atoms with Crippen LogP contribution in [0, 0.1) is 6.92 Å². The Bertz CT molecular complexity index is 657. The summed E-state index contributed by atoms with van der Waals surface area (Å²) in [7, 11) is -3.84. The van der Waals surface area contributed by atoms with Gasteiger partial charge in [0.1, 0.15) is 0 Å². The van der Waals surface area contributed by atoms with Crippen LogP contribution in [0.1, 0.15) is 22.3 Å². The fourth-order valence-corrected chi connectivity index (χ4v) is 2.10. The molecule has 0 aliphatic carbocycles. The molecule has 0 saturated heterocycles. The Hall–Kier alpha value is -2.00. The number of rotatable bonds is 5. The standard InChI is InChI=1S/C9H9N3O5S/c1-6-11-8(12-17-6)4-10-18(14,15)9-3-2-7(5-13)16-9/h2-3,5,10H,4H2,1H3. The van der Waals surface area contributed by atoms with Crippen LogP contribution >= 0.6 is 0 Å². The summed E-state index contributed by atoms with van der Waals surface area (Å²) in [6.45, 7) is 1.46. The maximum absolute atomic E-state index is 11.7. The highest BCUT2D eigenvalue weighted by Crippen LogP contribution is 2.12. The van der Waals surface area contributed by atoms with Gasteiger partial charge in [0.2, 0.25) is 11.0 Å². The molecular weight excluding hydrogens is 262 g/mol. The number of furan rings is 1. The molecule has 0 spiro atoms. The van der Waals surface area contributed by atoms with Gasteiger partial charge in [-0.1, -0.05) is 5.16 Å². The molecule has 0 radical (unpaired) electrons. The lowest BCUT2D eigenvalue weighted by Gasteiger charge is -2.00. The minimum Gasteiger partial charge on any atom is -0.440 e. The van der Waals surface area contributed by atoms with Gasteiger partial charge in [0.15, 0.2) is 17.9 Å². The van der Waals surface area contributed by atoms with E-state index in [1.807, 2.05) is 0 Å². The fourth-order valence-electron chi connectivity index (χ4n) is 1.19. The largest absolute Gasteiger partial charge is 0.440 e. The van der Waals surface area contributed by atoms with Gasteiger partial charge >= 0.3 is 0 Å². The van der Waals surface area contributed by atoms with E-state index in [2.05, 4.69) is 14.9 Å². The summed E-state index contributed by atoms with van der Waals surface area (Å²) in [6, 6.07) is 2.45. The maximum Gasteiger partial charge on any atom is 0.274 e. The highest BCUT2D eigenvalue weighted by molar-refractivity contribution is 7.89. The van der Waals surface area contributed by atoms with Crippen molar-refractivity contribution in [2.75, 3.05) is 0 Å². The molecule has 8 nitrogen and oxygen atoms in total. The molecule has 2 rings (SSSR count). The van der Waals surface area contributed by atoms with Crippen LogP contribution < -0.4 is 4.72 Å². The van der Waals surface area contributed by atoms with Crippen molar-refractivity contribution < 1.29 is 22.2 Å². The van der Waals surface area contributed by atoms with Crippen LogP contribution in [0.25, 0.3) is 0 Å². The maximum atomic E-state index is 11.7. The highest BCUT2D eigenvalue weighted by Gasteiger charge is 2.19. The van der Waals surface area contributed by atoms with Gasteiger partial charge < -0.3 is 8.94 Å². The first-order valence-electron chi connectivity index (χ1n) is 4.85. The molecule has 0 bridgehead atoms. The van der Waals surface area contributed by atoms with Gasteiger partial charge in [0.25, 0.3) is 10.0 Å². The Balaban J connectivity index is 2.09. The first-order valence-corrected chi connectivity index (χ1v) is 6.33. The predicted octanol–water partition coefficient (Wildman–Crippen LogP) is 0.262. The third-order valence-corrected chi connectivity index (χ3v) is 3.25. The lowest BCUT2D eigenvalue weighted by atomic mass is 10.5. The van der Waals surface area contributed by atoms with E-state index < -0.39 is 10.0 Å². The van der Waals surface area contributed by atoms with E-state index in [9.17, 15) is 13.2 Å². The van der Waals surface area contributed by atoms with Crippen molar-refractivity contribution in [3.8, 4) is 0 Å². The van der Waals surface area contributed by atoms with E-state index in [1.165, 1.54) is 12.1 Å². The normalized spacial score (nSPS) is 11.6. The van der Waals surface area contributed by atoms with Crippen molar-refractivity contribution >= 4 is 16.3 Å². The van der Waals surface area contributed by atoms with Crippen molar-refractivity contribution in [2.45, 2.75) is 18.6 Å². The topological polar surface area (TPSA) is 115 Å². The Morgan fingerprint density at radius 2 is 2.22 bits per heavy atom. The Morgan fingerprint density at radius 3 is 2.78 bits per heavy atom. The average molecular weight is 271 g/mol. The molecule has 0 aliphatic rings. The van der Waals surface area contributed by atoms with Gasteiger partial charge in [-0.25, -0.2) is 13.1 Å². The summed E-state index contributed by atoms with van der Waals surface area (Å²) in [4.78, 5) is 14.2. The van der Waals surface area contributed by atoms with Crippen molar-refractivity contribution in [3.63, 3.8) is 0 Å². The fraction of sp³-hybridized carbons (Fsp3) is 0.222. The number of aldehydes is 1. The molecule has 96 valence electrons. The zero-order valence-corrected chi connectivity index (χ0v) is 10.1. The van der Waals surface area contributed by atoms with E-state index in [1.54, 1.807) is 6.92 Å². The number of carbonyl (C=O) groups is 1. The molecule has 2 heterocycles. The van der Waals surface area contributed by atoms with Crippen molar-refractivity contribution in [1.29, 1.82) is 0 Å².